The lowest BCUT2D eigenvalue weighted by molar-refractivity contribution is 0.315. The number of ether oxygens (including phenoxy) is 1. The second-order valence-electron chi connectivity index (χ2n) is 6.39. The van der Waals surface area contributed by atoms with Gasteiger partial charge in [-0.15, -0.1) is 0 Å². The smallest absolute Gasteiger partial charge is 0.264 e. The van der Waals surface area contributed by atoms with Crippen molar-refractivity contribution in [1.82, 2.24) is 5.32 Å². The van der Waals surface area contributed by atoms with E-state index >= 15 is 0 Å². The summed E-state index contributed by atoms with van der Waals surface area (Å²) < 4.78 is 33.7. The van der Waals surface area contributed by atoms with E-state index < -0.39 is 10.0 Å². The maximum Gasteiger partial charge on any atom is 0.264 e. The highest BCUT2D eigenvalue weighted by molar-refractivity contribution is 7.92. The molecule has 0 bridgehead atoms. The summed E-state index contributed by atoms with van der Waals surface area (Å²) in [5.74, 6) is 0.554. The Labute approximate surface area is 168 Å². The molecule has 144 valence electrons. The molecule has 0 saturated carbocycles. The van der Waals surface area contributed by atoms with Crippen LogP contribution < -0.4 is 19.3 Å². The van der Waals surface area contributed by atoms with E-state index in [-0.39, 0.29) is 18.0 Å². The Morgan fingerprint density at radius 3 is 2.44 bits per heavy atom. The zero-order chi connectivity index (χ0) is 19.0. The summed E-state index contributed by atoms with van der Waals surface area (Å²) in [6, 6.07) is 9.74. The zero-order valence-corrected chi connectivity index (χ0v) is 16.8. The molecule has 0 aliphatic carbocycles. The van der Waals surface area contributed by atoms with Crippen LogP contribution in [-0.4, -0.2) is 47.7 Å². The summed E-state index contributed by atoms with van der Waals surface area (Å²) in [6.07, 6.45) is 0. The fraction of sp³-hybridized carbons (Fsp3) is 0.333. The van der Waals surface area contributed by atoms with E-state index in [1.54, 1.807) is 18.2 Å². The standard InChI is InChI=1S/C18H19Cl2N3O3S/c19-13-2-1-3-15(10-13)27(24,25)23-8-9-26-18-16(11-14(20)12-17(18)23)22-6-4-21-5-7-22/h1-3,10-12,21H,4-9H2. The third kappa shape index (κ3) is 3.57. The number of nitrogens with zero attached hydrogens (tertiary/aromatic N) is 2. The van der Waals surface area contributed by atoms with E-state index in [0.29, 0.717) is 21.5 Å². The molecule has 0 amide bonds. The number of sulfonamides is 1. The van der Waals surface area contributed by atoms with Crippen LogP contribution in [0.3, 0.4) is 0 Å². The summed E-state index contributed by atoms with van der Waals surface area (Å²) >= 11 is 12.3. The maximum atomic E-state index is 13.2. The molecule has 0 radical (unpaired) electrons. The van der Waals surface area contributed by atoms with Crippen LogP contribution >= 0.6 is 23.2 Å². The highest BCUT2D eigenvalue weighted by Gasteiger charge is 2.33. The third-order valence-corrected chi connectivity index (χ3v) is 6.93. The summed E-state index contributed by atoms with van der Waals surface area (Å²) in [7, 11) is -3.78. The molecule has 2 aromatic carbocycles. The number of hydrogen-bond donors (Lipinski definition) is 1. The van der Waals surface area contributed by atoms with Gasteiger partial charge in [0, 0.05) is 36.2 Å². The number of anilines is 2. The second kappa shape index (κ2) is 7.39. The molecular weight excluding hydrogens is 409 g/mol. The number of rotatable bonds is 3. The Kier molecular flexibility index (Phi) is 5.11. The van der Waals surface area contributed by atoms with Gasteiger partial charge in [0.1, 0.15) is 6.61 Å². The van der Waals surface area contributed by atoms with Crippen molar-refractivity contribution >= 4 is 44.6 Å². The van der Waals surface area contributed by atoms with Gasteiger partial charge in [-0.3, -0.25) is 4.31 Å². The van der Waals surface area contributed by atoms with Crippen molar-refractivity contribution in [3.05, 3.63) is 46.4 Å². The Morgan fingerprint density at radius 1 is 0.963 bits per heavy atom. The first-order valence-corrected chi connectivity index (χ1v) is 10.9. The van der Waals surface area contributed by atoms with E-state index in [9.17, 15) is 8.42 Å². The van der Waals surface area contributed by atoms with E-state index in [1.807, 2.05) is 6.07 Å². The number of piperazine rings is 1. The van der Waals surface area contributed by atoms with Crippen LogP contribution in [0.1, 0.15) is 0 Å². The number of hydrogen-bond acceptors (Lipinski definition) is 5. The molecular formula is C18H19Cl2N3O3S. The fourth-order valence-corrected chi connectivity index (χ4v) is 5.35. The summed E-state index contributed by atoms with van der Waals surface area (Å²) in [4.78, 5) is 2.31. The minimum Gasteiger partial charge on any atom is -0.487 e. The monoisotopic (exact) mass is 427 g/mol. The van der Waals surface area contributed by atoms with E-state index in [1.165, 1.54) is 16.4 Å². The normalized spacial score (nSPS) is 17.4. The molecule has 6 nitrogen and oxygen atoms in total. The van der Waals surface area contributed by atoms with Gasteiger partial charge in [-0.2, -0.15) is 0 Å². The topological polar surface area (TPSA) is 61.9 Å². The number of fused-ring (bicyclic) bond motifs is 1. The Bertz CT molecular complexity index is 962. The molecule has 9 heteroatoms. The van der Waals surface area contributed by atoms with Gasteiger partial charge in [0.25, 0.3) is 10.0 Å². The molecule has 4 rings (SSSR count). The van der Waals surface area contributed by atoms with Crippen LogP contribution in [0.15, 0.2) is 41.3 Å². The molecule has 0 aromatic heterocycles. The Balaban J connectivity index is 1.80. The molecule has 0 atom stereocenters. The second-order valence-corrected chi connectivity index (χ2v) is 9.13. The van der Waals surface area contributed by atoms with E-state index in [0.717, 1.165) is 31.9 Å². The molecule has 1 saturated heterocycles. The van der Waals surface area contributed by atoms with Crippen molar-refractivity contribution in [2.24, 2.45) is 0 Å². The first-order valence-electron chi connectivity index (χ1n) is 8.67. The predicted molar refractivity (Wildman–Crippen MR) is 108 cm³/mol. The van der Waals surface area contributed by atoms with Crippen molar-refractivity contribution in [2.75, 3.05) is 48.5 Å². The fourth-order valence-electron chi connectivity index (χ4n) is 3.39. The number of halogens is 2. The van der Waals surface area contributed by atoms with Gasteiger partial charge in [0.2, 0.25) is 0 Å². The molecule has 1 fully saturated rings. The number of benzene rings is 2. The quantitative estimate of drug-likeness (QED) is 0.815. The third-order valence-electron chi connectivity index (χ3n) is 4.67. The van der Waals surface area contributed by atoms with Crippen LogP contribution in [0, 0.1) is 0 Å². The highest BCUT2D eigenvalue weighted by atomic mass is 35.5. The van der Waals surface area contributed by atoms with Crippen molar-refractivity contribution in [2.45, 2.75) is 4.90 Å². The Morgan fingerprint density at radius 2 is 1.70 bits per heavy atom. The summed E-state index contributed by atoms with van der Waals surface area (Å²) in [5.41, 5.74) is 1.28. The van der Waals surface area contributed by atoms with E-state index in [4.69, 9.17) is 27.9 Å². The lowest BCUT2D eigenvalue weighted by atomic mass is 10.2. The van der Waals surface area contributed by atoms with Gasteiger partial charge >= 0.3 is 0 Å². The van der Waals surface area contributed by atoms with Crippen LogP contribution in [-0.2, 0) is 10.0 Å². The first kappa shape index (κ1) is 18.7. The lowest BCUT2D eigenvalue weighted by Crippen LogP contribution is -2.44. The van der Waals surface area contributed by atoms with Crippen LogP contribution in [0.25, 0.3) is 0 Å². The van der Waals surface area contributed by atoms with E-state index in [2.05, 4.69) is 10.2 Å². The van der Waals surface area contributed by atoms with Gasteiger partial charge < -0.3 is 15.0 Å². The van der Waals surface area contributed by atoms with Gasteiger partial charge in [0.15, 0.2) is 5.75 Å². The molecule has 2 aromatic rings. The van der Waals surface area contributed by atoms with Crippen molar-refractivity contribution in [3.8, 4) is 5.75 Å². The minimum absolute atomic E-state index is 0.145. The predicted octanol–water partition coefficient (Wildman–Crippen LogP) is 2.99. The molecule has 0 unspecified atom stereocenters. The largest absolute Gasteiger partial charge is 0.487 e. The van der Waals surface area contributed by atoms with Crippen molar-refractivity contribution in [1.29, 1.82) is 0 Å². The molecule has 2 aliphatic rings. The first-order chi connectivity index (χ1) is 13.0. The molecule has 0 spiro atoms. The highest BCUT2D eigenvalue weighted by Crippen LogP contribution is 2.44. The maximum absolute atomic E-state index is 13.2. The van der Waals surface area contributed by atoms with Gasteiger partial charge in [0.05, 0.1) is 22.8 Å². The average molecular weight is 428 g/mol. The average Bonchev–Trinajstić information content (AvgIpc) is 2.67. The Hall–Kier alpha value is -1.67. The number of nitrogens with one attached hydrogen (secondary N) is 1. The van der Waals surface area contributed by atoms with Crippen LogP contribution in [0.5, 0.6) is 5.75 Å². The minimum atomic E-state index is -3.78. The van der Waals surface area contributed by atoms with Gasteiger partial charge in [-0.1, -0.05) is 29.3 Å². The van der Waals surface area contributed by atoms with Gasteiger partial charge in [-0.05, 0) is 30.3 Å². The summed E-state index contributed by atoms with van der Waals surface area (Å²) in [5, 5.41) is 4.15. The van der Waals surface area contributed by atoms with Crippen LogP contribution in [0.4, 0.5) is 11.4 Å². The van der Waals surface area contributed by atoms with Crippen LogP contribution in [0.2, 0.25) is 10.0 Å². The molecule has 2 aliphatic heterocycles. The summed E-state index contributed by atoms with van der Waals surface area (Å²) in [6.45, 7) is 3.79. The SMILES string of the molecule is O=S(=O)(c1cccc(Cl)c1)N1CCOc2c(N3CCNCC3)cc(Cl)cc21. The molecule has 2 heterocycles. The van der Waals surface area contributed by atoms with Crippen molar-refractivity contribution < 1.29 is 13.2 Å². The van der Waals surface area contributed by atoms with Gasteiger partial charge in [-0.25, -0.2) is 8.42 Å². The zero-order valence-electron chi connectivity index (χ0n) is 14.5. The lowest BCUT2D eigenvalue weighted by Gasteiger charge is -2.36. The van der Waals surface area contributed by atoms with Crippen molar-refractivity contribution in [3.63, 3.8) is 0 Å². The molecule has 1 N–H and O–H groups in total. The molecule has 27 heavy (non-hydrogen) atoms.